The van der Waals surface area contributed by atoms with E-state index in [-0.39, 0.29) is 55.5 Å². The fourth-order valence-corrected chi connectivity index (χ4v) is 11.4. The largest absolute Gasteiger partial charge is 0.469 e. The summed E-state index contributed by atoms with van der Waals surface area (Å²) in [5, 5.41) is 26.6. The number of aliphatic hydroxyl groups excluding tert-OH is 1. The minimum atomic E-state index is -0.901. The molecule has 68 heavy (non-hydrogen) atoms. The van der Waals surface area contributed by atoms with Gasteiger partial charge in [-0.05, 0) is 68.9 Å². The van der Waals surface area contributed by atoms with Gasteiger partial charge in [0, 0.05) is 73.8 Å². The lowest BCUT2D eigenvalue weighted by atomic mass is 9.85. The van der Waals surface area contributed by atoms with E-state index < -0.39 is 29.6 Å². The average Bonchev–Trinajstić information content (AvgIpc) is 4.09. The number of aromatic nitrogens is 4. The number of nitrogens with zero attached hydrogens (tertiary/aromatic N) is 8. The van der Waals surface area contributed by atoms with E-state index in [1.165, 1.54) is 16.9 Å². The number of hydrogen-bond donors (Lipinski definition) is 3. The van der Waals surface area contributed by atoms with E-state index in [1.54, 1.807) is 22.7 Å². The highest BCUT2D eigenvalue weighted by atomic mass is 32.1. The van der Waals surface area contributed by atoms with Crippen molar-refractivity contribution in [1.29, 1.82) is 0 Å². The number of aliphatic imine (C=N–C) groups is 1. The third-order valence-corrected chi connectivity index (χ3v) is 15.6. The number of likely N-dealkylation sites (tertiary alicyclic amines) is 1. The topological polar surface area (TPSA) is 187 Å². The van der Waals surface area contributed by atoms with Gasteiger partial charge in [0.05, 0.1) is 47.5 Å². The number of carbonyl (C=O) groups is 4. The van der Waals surface area contributed by atoms with Gasteiger partial charge in [-0.15, -0.1) is 32.9 Å². The molecule has 0 aliphatic carbocycles. The Labute approximate surface area is 405 Å². The number of esters is 1. The first-order valence-corrected chi connectivity index (χ1v) is 24.9. The molecule has 3 aromatic heterocycles. The van der Waals surface area contributed by atoms with Crippen molar-refractivity contribution in [2.75, 3.05) is 51.3 Å². The summed E-state index contributed by atoms with van der Waals surface area (Å²) < 4.78 is 7.07. The van der Waals surface area contributed by atoms with Crippen molar-refractivity contribution in [2.45, 2.75) is 105 Å². The van der Waals surface area contributed by atoms with Crippen LogP contribution in [0.5, 0.6) is 0 Å². The number of ether oxygens (including phenoxy) is 1. The van der Waals surface area contributed by atoms with Gasteiger partial charge in [-0.2, -0.15) is 0 Å². The summed E-state index contributed by atoms with van der Waals surface area (Å²) in [5.41, 5.74) is 9.07. The number of thiazole rings is 1. The predicted octanol–water partition coefficient (Wildman–Crippen LogP) is 6.02. The van der Waals surface area contributed by atoms with Crippen LogP contribution in [0.2, 0.25) is 0 Å². The van der Waals surface area contributed by atoms with Gasteiger partial charge in [0.1, 0.15) is 29.0 Å². The Kier molecular flexibility index (Phi) is 14.3. The summed E-state index contributed by atoms with van der Waals surface area (Å²) in [4.78, 5) is 72.0. The molecule has 2 saturated heterocycles. The van der Waals surface area contributed by atoms with Crippen molar-refractivity contribution in [2.24, 2.45) is 10.4 Å². The number of piperazine rings is 1. The zero-order chi connectivity index (χ0) is 48.6. The van der Waals surface area contributed by atoms with Crippen LogP contribution in [0.4, 0.5) is 5.69 Å². The van der Waals surface area contributed by atoms with Crippen LogP contribution < -0.4 is 15.5 Å². The van der Waals surface area contributed by atoms with Crippen molar-refractivity contribution in [3.05, 3.63) is 98.5 Å². The SMILES string of the molecule is COC(=O)C[C@@H]1N=C(c2ccc(N3CCN(CCC(=O)NC(C(=O)N4C[C@H](O)C[C@H]4C(=O)N[C@@H](C)c4ccc(-c5scnc5C)cc4)C(C)(C)C)CC3)cc2)c2c(sc(C)c2C)-n2c(C)nnc21. The zero-order valence-electron chi connectivity index (χ0n) is 40.3. The summed E-state index contributed by atoms with van der Waals surface area (Å²) >= 11 is 3.25. The summed E-state index contributed by atoms with van der Waals surface area (Å²) in [6, 6.07) is 13.7. The molecular weight excluding hydrogens is 901 g/mol. The van der Waals surface area contributed by atoms with Gasteiger partial charge < -0.3 is 30.3 Å². The first kappa shape index (κ1) is 48.6. The quantitative estimate of drug-likeness (QED) is 0.117. The summed E-state index contributed by atoms with van der Waals surface area (Å²) in [5.74, 6) is 0.00601. The number of fused-ring (bicyclic) bond motifs is 3. The Bertz CT molecular complexity index is 2690. The lowest BCUT2D eigenvalue weighted by Gasteiger charge is -2.37. The molecule has 3 aliphatic heterocycles. The molecule has 2 fully saturated rings. The second-order valence-electron chi connectivity index (χ2n) is 19.2. The van der Waals surface area contributed by atoms with Gasteiger partial charge in [0.15, 0.2) is 5.82 Å². The van der Waals surface area contributed by atoms with Crippen LogP contribution in [-0.2, 0) is 23.9 Å². The summed E-state index contributed by atoms with van der Waals surface area (Å²) in [7, 11) is 1.38. The van der Waals surface area contributed by atoms with Crippen molar-refractivity contribution >= 4 is 57.8 Å². The van der Waals surface area contributed by atoms with Crippen LogP contribution in [0.15, 0.2) is 59.0 Å². The Morgan fingerprint density at radius 3 is 2.26 bits per heavy atom. The third-order valence-electron chi connectivity index (χ3n) is 13.4. The Balaban J connectivity index is 0.861. The number of nitrogens with one attached hydrogen (secondary N) is 2. The number of thiophene rings is 1. The van der Waals surface area contributed by atoms with E-state index in [0.29, 0.717) is 12.4 Å². The maximum atomic E-state index is 14.3. The molecule has 5 aromatic rings. The van der Waals surface area contributed by atoms with Crippen LogP contribution >= 0.6 is 22.7 Å². The minimum Gasteiger partial charge on any atom is -0.469 e. The molecule has 0 spiro atoms. The molecule has 2 aromatic carbocycles. The fourth-order valence-electron chi connectivity index (χ4n) is 9.33. The molecular formula is C50H62N10O6S2. The molecule has 6 heterocycles. The molecule has 3 N–H and O–H groups in total. The number of β-amino-alcohol motifs (C(OH)–C–C–N with tert-alkyl or cyclic N) is 1. The van der Waals surface area contributed by atoms with E-state index in [9.17, 15) is 24.3 Å². The van der Waals surface area contributed by atoms with Gasteiger partial charge in [-0.25, -0.2) is 4.98 Å². The van der Waals surface area contributed by atoms with Crippen LogP contribution in [0, 0.1) is 33.1 Å². The number of rotatable bonds is 13. The van der Waals surface area contributed by atoms with Gasteiger partial charge >= 0.3 is 5.97 Å². The van der Waals surface area contributed by atoms with Crippen LogP contribution in [0.3, 0.4) is 0 Å². The normalized spacial score (nSPS) is 19.4. The first-order chi connectivity index (χ1) is 32.4. The molecule has 18 heteroatoms. The van der Waals surface area contributed by atoms with Crippen LogP contribution in [-0.4, -0.2) is 129 Å². The fraction of sp³-hybridized carbons (Fsp3) is 0.480. The molecule has 3 aliphatic rings. The van der Waals surface area contributed by atoms with Gasteiger partial charge in [-0.3, -0.25) is 33.6 Å². The molecule has 0 saturated carbocycles. The summed E-state index contributed by atoms with van der Waals surface area (Å²) in [6.45, 7) is 19.3. The highest BCUT2D eigenvalue weighted by Gasteiger charge is 2.45. The third kappa shape index (κ3) is 10.1. The highest BCUT2D eigenvalue weighted by Crippen LogP contribution is 2.40. The maximum Gasteiger partial charge on any atom is 0.308 e. The Hall–Kier alpha value is -5.82. The number of aliphatic hydroxyl groups is 1. The second-order valence-corrected chi connectivity index (χ2v) is 21.2. The molecule has 0 radical (unpaired) electrons. The average molecular weight is 963 g/mol. The molecule has 3 amide bonds. The number of amides is 3. The van der Waals surface area contributed by atoms with Crippen molar-refractivity contribution in [3.8, 4) is 15.4 Å². The van der Waals surface area contributed by atoms with E-state index in [0.717, 1.165) is 86.8 Å². The molecule has 8 rings (SSSR count). The highest BCUT2D eigenvalue weighted by molar-refractivity contribution is 7.15. The molecule has 1 unspecified atom stereocenters. The van der Waals surface area contributed by atoms with Gasteiger partial charge in [0.25, 0.3) is 0 Å². The first-order valence-electron chi connectivity index (χ1n) is 23.3. The number of carbonyl (C=O) groups excluding carboxylic acids is 4. The smallest absolute Gasteiger partial charge is 0.308 e. The van der Waals surface area contributed by atoms with E-state index in [1.807, 2.05) is 75.9 Å². The zero-order valence-corrected chi connectivity index (χ0v) is 42.0. The molecule has 16 nitrogen and oxygen atoms in total. The van der Waals surface area contributed by atoms with E-state index in [2.05, 4.69) is 73.7 Å². The van der Waals surface area contributed by atoms with Gasteiger partial charge in [-0.1, -0.05) is 57.2 Å². The van der Waals surface area contributed by atoms with Crippen molar-refractivity contribution in [1.82, 2.24) is 40.2 Å². The number of anilines is 1. The monoisotopic (exact) mass is 962 g/mol. The van der Waals surface area contributed by atoms with Crippen LogP contribution in [0.25, 0.3) is 15.4 Å². The van der Waals surface area contributed by atoms with E-state index in [4.69, 9.17) is 9.73 Å². The number of methoxy groups -OCH3 is 1. The van der Waals surface area contributed by atoms with Crippen molar-refractivity contribution in [3.63, 3.8) is 0 Å². The van der Waals surface area contributed by atoms with E-state index >= 15 is 0 Å². The minimum absolute atomic E-state index is 0.00908. The standard InChI is InChI=1S/C50H62N10O6S2/c1-28-31(4)68-49-42(28)43(53-38(25-41(63)66-9)46-56-55-32(5)60(46)49)34-14-16-36(17-15-34)58-22-20-57(21-23-58)19-18-40(62)54-45(50(6,7)8)48(65)59-26-37(61)24-39(59)47(64)52-29(2)33-10-12-35(13-11-33)44-30(3)51-27-67-44/h10-17,27,29,37-39,45,61H,18-26H2,1-9H3,(H,52,64)(H,54,62)/t29-,37+,38-,39-,45?/m0/s1. The lowest BCUT2D eigenvalue weighted by molar-refractivity contribution is -0.144. The number of benzene rings is 2. The Morgan fingerprint density at radius 1 is 0.926 bits per heavy atom. The molecule has 0 bridgehead atoms. The number of hydrogen-bond acceptors (Lipinski definition) is 14. The lowest BCUT2D eigenvalue weighted by Crippen LogP contribution is -2.58. The maximum absolute atomic E-state index is 14.3. The number of aryl methyl sites for hydroxylation is 3. The van der Waals surface area contributed by atoms with Crippen LogP contribution in [0.1, 0.15) is 104 Å². The molecule has 360 valence electrons. The van der Waals surface area contributed by atoms with Crippen molar-refractivity contribution < 1.29 is 29.0 Å². The Morgan fingerprint density at radius 2 is 1.62 bits per heavy atom. The molecule has 5 atom stereocenters. The summed E-state index contributed by atoms with van der Waals surface area (Å²) in [6.07, 6.45) is -0.498. The second kappa shape index (κ2) is 20.0. The predicted molar refractivity (Wildman–Crippen MR) is 265 cm³/mol. The van der Waals surface area contributed by atoms with Gasteiger partial charge in [0.2, 0.25) is 17.7 Å².